The van der Waals surface area contributed by atoms with E-state index in [4.69, 9.17) is 5.11 Å². The Labute approximate surface area is 62.9 Å². The molecule has 0 aromatic carbocycles. The second kappa shape index (κ2) is 3.35. The Morgan fingerprint density at radius 3 is 1.70 bits per heavy atom. The van der Waals surface area contributed by atoms with Crippen LogP contribution in [0.5, 0.6) is 0 Å². The summed E-state index contributed by atoms with van der Waals surface area (Å²) in [6.45, 7) is 7.81. The van der Waals surface area contributed by atoms with Gasteiger partial charge in [-0.15, -0.1) is 0 Å². The van der Waals surface area contributed by atoms with E-state index >= 15 is 0 Å². The molecule has 0 rings (SSSR count). The molecule has 10 heavy (non-hydrogen) atoms. The van der Waals surface area contributed by atoms with E-state index in [1.165, 1.54) is 0 Å². The van der Waals surface area contributed by atoms with Gasteiger partial charge >= 0.3 is 0 Å². The molecule has 0 aliphatic heterocycles. The molecule has 0 fully saturated rings. The van der Waals surface area contributed by atoms with Crippen LogP contribution in [0.2, 0.25) is 0 Å². The van der Waals surface area contributed by atoms with Crippen LogP contribution in [0, 0.1) is 11.3 Å². The van der Waals surface area contributed by atoms with Gasteiger partial charge in [-0.1, -0.05) is 20.8 Å². The van der Waals surface area contributed by atoms with Gasteiger partial charge in [-0.3, -0.25) is 0 Å². The molecule has 0 saturated heterocycles. The third-order valence-electron chi connectivity index (χ3n) is 1.89. The van der Waals surface area contributed by atoms with Crippen LogP contribution in [0.25, 0.3) is 0 Å². The normalized spacial score (nSPS) is 18.6. The van der Waals surface area contributed by atoms with E-state index in [9.17, 15) is 5.11 Å². The van der Waals surface area contributed by atoms with Crippen LogP contribution < -0.4 is 0 Å². The minimum Gasteiger partial charge on any atom is -0.396 e. The van der Waals surface area contributed by atoms with Crippen molar-refractivity contribution in [2.24, 2.45) is 11.3 Å². The SMILES string of the molecule is C[C@@H](O)[C@@H](CO)C(C)(C)C. The lowest BCUT2D eigenvalue weighted by Gasteiger charge is -2.31. The first-order valence-corrected chi connectivity index (χ1v) is 3.68. The third kappa shape index (κ3) is 2.67. The van der Waals surface area contributed by atoms with Crippen LogP contribution >= 0.6 is 0 Å². The molecule has 62 valence electrons. The Morgan fingerprint density at radius 1 is 1.30 bits per heavy atom. The van der Waals surface area contributed by atoms with Crippen molar-refractivity contribution in [3.05, 3.63) is 0 Å². The molecule has 2 heteroatoms. The molecule has 0 heterocycles. The van der Waals surface area contributed by atoms with Crippen molar-refractivity contribution in [1.29, 1.82) is 0 Å². The van der Waals surface area contributed by atoms with Gasteiger partial charge in [0.2, 0.25) is 0 Å². The van der Waals surface area contributed by atoms with Crippen molar-refractivity contribution in [3.63, 3.8) is 0 Å². The first kappa shape index (κ1) is 9.92. The predicted octanol–water partition coefficient (Wildman–Crippen LogP) is 1.02. The summed E-state index contributed by atoms with van der Waals surface area (Å²) >= 11 is 0. The van der Waals surface area contributed by atoms with E-state index in [2.05, 4.69) is 0 Å². The van der Waals surface area contributed by atoms with Gasteiger partial charge in [0.1, 0.15) is 0 Å². The molecule has 2 nitrogen and oxygen atoms in total. The van der Waals surface area contributed by atoms with Crippen LogP contribution in [0.1, 0.15) is 27.7 Å². The van der Waals surface area contributed by atoms with Gasteiger partial charge in [-0.05, 0) is 12.3 Å². The predicted molar refractivity (Wildman–Crippen MR) is 41.7 cm³/mol. The quantitative estimate of drug-likeness (QED) is 0.610. The maximum Gasteiger partial charge on any atom is 0.0567 e. The summed E-state index contributed by atoms with van der Waals surface area (Å²) in [5.74, 6) is -0.0208. The highest BCUT2D eigenvalue weighted by molar-refractivity contribution is 4.76. The zero-order valence-electron chi connectivity index (χ0n) is 7.26. The number of aliphatic hydroxyl groups is 2. The highest BCUT2D eigenvalue weighted by Crippen LogP contribution is 2.27. The first-order valence-electron chi connectivity index (χ1n) is 3.68. The van der Waals surface area contributed by atoms with E-state index in [1.54, 1.807) is 6.92 Å². The molecule has 0 amide bonds. The Morgan fingerprint density at radius 2 is 1.70 bits per heavy atom. The molecule has 2 N–H and O–H groups in total. The average Bonchev–Trinajstić information content (AvgIpc) is 1.60. The molecule has 0 aromatic heterocycles. The van der Waals surface area contributed by atoms with E-state index in [0.717, 1.165) is 0 Å². The molecule has 0 aromatic rings. The van der Waals surface area contributed by atoms with Gasteiger partial charge in [-0.25, -0.2) is 0 Å². The molecule has 0 unspecified atom stereocenters. The van der Waals surface area contributed by atoms with Crippen molar-refractivity contribution in [2.45, 2.75) is 33.8 Å². The monoisotopic (exact) mass is 146 g/mol. The Balaban J connectivity index is 4.07. The second-order valence-corrected chi connectivity index (χ2v) is 3.90. The lowest BCUT2D eigenvalue weighted by Crippen LogP contribution is -2.33. The average molecular weight is 146 g/mol. The van der Waals surface area contributed by atoms with Gasteiger partial charge in [0.05, 0.1) is 6.10 Å². The fourth-order valence-electron chi connectivity index (χ4n) is 1.15. The zero-order chi connectivity index (χ0) is 8.36. The Kier molecular flexibility index (Phi) is 3.33. The number of aliphatic hydroxyl groups excluding tert-OH is 2. The van der Waals surface area contributed by atoms with Gasteiger partial charge in [-0.2, -0.15) is 0 Å². The van der Waals surface area contributed by atoms with Gasteiger partial charge in [0.15, 0.2) is 0 Å². The molecule has 0 aliphatic carbocycles. The van der Waals surface area contributed by atoms with E-state index in [1.807, 2.05) is 20.8 Å². The molecule has 0 saturated carbocycles. The number of rotatable bonds is 2. The summed E-state index contributed by atoms with van der Waals surface area (Å²) in [5, 5.41) is 18.1. The smallest absolute Gasteiger partial charge is 0.0567 e. The number of hydrogen-bond acceptors (Lipinski definition) is 2. The third-order valence-corrected chi connectivity index (χ3v) is 1.89. The maximum atomic E-state index is 9.19. The van der Waals surface area contributed by atoms with Crippen molar-refractivity contribution in [3.8, 4) is 0 Å². The van der Waals surface area contributed by atoms with E-state index in [-0.39, 0.29) is 17.9 Å². The van der Waals surface area contributed by atoms with Crippen LogP contribution in [0.15, 0.2) is 0 Å². The van der Waals surface area contributed by atoms with Crippen LogP contribution in [0.3, 0.4) is 0 Å². The lowest BCUT2D eigenvalue weighted by atomic mass is 9.78. The molecule has 2 atom stereocenters. The zero-order valence-corrected chi connectivity index (χ0v) is 7.26. The van der Waals surface area contributed by atoms with Crippen LogP contribution in [0.4, 0.5) is 0 Å². The second-order valence-electron chi connectivity index (χ2n) is 3.90. The molecule has 0 aliphatic rings. The van der Waals surface area contributed by atoms with E-state index in [0.29, 0.717) is 0 Å². The molecular weight excluding hydrogens is 128 g/mol. The first-order chi connectivity index (χ1) is 4.39. The summed E-state index contributed by atoms with van der Waals surface area (Å²) in [6, 6.07) is 0. The van der Waals surface area contributed by atoms with Gasteiger partial charge in [0.25, 0.3) is 0 Å². The highest BCUT2D eigenvalue weighted by Gasteiger charge is 2.27. The topological polar surface area (TPSA) is 40.5 Å². The standard InChI is InChI=1S/C8H18O2/c1-6(10)7(5-9)8(2,3)4/h6-7,9-10H,5H2,1-4H3/t6-,7-/m1/s1. The summed E-state index contributed by atoms with van der Waals surface area (Å²) in [7, 11) is 0. The van der Waals surface area contributed by atoms with Gasteiger partial charge < -0.3 is 10.2 Å². The van der Waals surface area contributed by atoms with Crippen molar-refractivity contribution in [2.75, 3.05) is 6.61 Å². The van der Waals surface area contributed by atoms with Crippen molar-refractivity contribution < 1.29 is 10.2 Å². The summed E-state index contributed by atoms with van der Waals surface area (Å²) in [6.07, 6.45) is -0.426. The largest absolute Gasteiger partial charge is 0.396 e. The van der Waals surface area contributed by atoms with Crippen LogP contribution in [-0.2, 0) is 0 Å². The summed E-state index contributed by atoms with van der Waals surface area (Å²) < 4.78 is 0. The Bertz CT molecular complexity index is 91.9. The maximum absolute atomic E-state index is 9.19. The molecule has 0 radical (unpaired) electrons. The fraction of sp³-hybridized carbons (Fsp3) is 1.00. The van der Waals surface area contributed by atoms with Crippen molar-refractivity contribution in [1.82, 2.24) is 0 Å². The fourth-order valence-corrected chi connectivity index (χ4v) is 1.15. The van der Waals surface area contributed by atoms with Crippen molar-refractivity contribution >= 4 is 0 Å². The highest BCUT2D eigenvalue weighted by atomic mass is 16.3. The lowest BCUT2D eigenvalue weighted by molar-refractivity contribution is 0.0164. The molecule has 0 bridgehead atoms. The molecular formula is C8H18O2. The van der Waals surface area contributed by atoms with Crippen LogP contribution in [-0.4, -0.2) is 22.9 Å². The summed E-state index contributed by atoms with van der Waals surface area (Å²) in [5.41, 5.74) is -0.0110. The minimum atomic E-state index is -0.426. The van der Waals surface area contributed by atoms with E-state index < -0.39 is 6.10 Å². The molecule has 0 spiro atoms. The van der Waals surface area contributed by atoms with Gasteiger partial charge in [0, 0.05) is 12.5 Å². The minimum absolute atomic E-state index is 0.0110. The Hall–Kier alpha value is -0.0800. The number of hydrogen-bond donors (Lipinski definition) is 2. The summed E-state index contributed by atoms with van der Waals surface area (Å²) in [4.78, 5) is 0.